The Morgan fingerprint density at radius 1 is 1.00 bits per heavy atom. The largest absolute Gasteiger partial charge is 0.372 e. The molecule has 0 radical (unpaired) electrons. The number of nitrogens with one attached hydrogen (secondary N) is 2. The lowest BCUT2D eigenvalue weighted by Gasteiger charge is -2.21. The van der Waals surface area contributed by atoms with Crippen molar-refractivity contribution in [3.05, 3.63) is 59.7 Å². The van der Waals surface area contributed by atoms with Gasteiger partial charge >= 0.3 is 0 Å². The molecule has 0 aliphatic carbocycles. The van der Waals surface area contributed by atoms with Crippen LogP contribution in [0.2, 0.25) is 0 Å². The Hall–Kier alpha value is -2.82. The molecule has 132 valence electrons. The maximum atomic E-state index is 12.0. The minimum absolute atomic E-state index is 0.0649. The van der Waals surface area contributed by atoms with Gasteiger partial charge in [0.15, 0.2) is 0 Å². The zero-order valence-corrected chi connectivity index (χ0v) is 15.0. The van der Waals surface area contributed by atoms with Crippen LogP contribution in [0.25, 0.3) is 0 Å². The zero-order chi connectivity index (χ0) is 18.2. The summed E-state index contributed by atoms with van der Waals surface area (Å²) in [5, 5.41) is 5.42. The quantitative estimate of drug-likeness (QED) is 0.814. The Kier molecular flexibility index (Phi) is 6.57. The highest BCUT2D eigenvalue weighted by Crippen LogP contribution is 2.17. The topological polar surface area (TPSA) is 61.4 Å². The first-order chi connectivity index (χ1) is 12.0. The second-order valence-electron chi connectivity index (χ2n) is 5.82. The van der Waals surface area contributed by atoms with Crippen LogP contribution in [0.1, 0.15) is 29.8 Å². The van der Waals surface area contributed by atoms with Gasteiger partial charge in [0.1, 0.15) is 0 Å². The molecule has 0 aliphatic heterocycles. The SMILES string of the molecule is CCN(CC)c1ccc(NC(=O)CNC(=O)c2cccc(C)c2)cc1. The minimum Gasteiger partial charge on any atom is -0.372 e. The van der Waals surface area contributed by atoms with E-state index in [1.165, 1.54) is 0 Å². The number of carbonyl (C=O) groups is 2. The maximum Gasteiger partial charge on any atom is 0.251 e. The number of carbonyl (C=O) groups excluding carboxylic acids is 2. The number of benzene rings is 2. The van der Waals surface area contributed by atoms with Crippen LogP contribution in [-0.2, 0) is 4.79 Å². The molecule has 0 saturated heterocycles. The predicted molar refractivity (Wildman–Crippen MR) is 102 cm³/mol. The predicted octanol–water partition coefficient (Wildman–Crippen LogP) is 3.21. The molecule has 0 unspecified atom stereocenters. The van der Waals surface area contributed by atoms with Crippen LogP contribution in [0.5, 0.6) is 0 Å². The smallest absolute Gasteiger partial charge is 0.251 e. The Balaban J connectivity index is 1.87. The lowest BCUT2D eigenvalue weighted by molar-refractivity contribution is -0.115. The molecule has 0 aliphatic rings. The number of hydrogen-bond acceptors (Lipinski definition) is 3. The highest BCUT2D eigenvalue weighted by molar-refractivity contribution is 5.99. The average Bonchev–Trinajstić information content (AvgIpc) is 2.62. The van der Waals surface area contributed by atoms with E-state index >= 15 is 0 Å². The molecule has 25 heavy (non-hydrogen) atoms. The molecule has 5 heteroatoms. The van der Waals surface area contributed by atoms with Gasteiger partial charge in [-0.3, -0.25) is 9.59 Å². The fraction of sp³-hybridized carbons (Fsp3) is 0.300. The third-order valence-corrected chi connectivity index (χ3v) is 3.97. The third-order valence-electron chi connectivity index (χ3n) is 3.97. The van der Waals surface area contributed by atoms with Gasteiger partial charge in [-0.2, -0.15) is 0 Å². The number of hydrogen-bond donors (Lipinski definition) is 2. The van der Waals surface area contributed by atoms with Crippen molar-refractivity contribution in [2.24, 2.45) is 0 Å². The number of rotatable bonds is 7. The Labute approximate surface area is 149 Å². The summed E-state index contributed by atoms with van der Waals surface area (Å²) in [4.78, 5) is 26.3. The van der Waals surface area contributed by atoms with E-state index in [0.29, 0.717) is 11.3 Å². The summed E-state index contributed by atoms with van der Waals surface area (Å²) in [6, 6.07) is 15.0. The van der Waals surface area contributed by atoms with Crippen molar-refractivity contribution in [3.8, 4) is 0 Å². The van der Waals surface area contributed by atoms with Gasteiger partial charge in [0.2, 0.25) is 5.91 Å². The van der Waals surface area contributed by atoms with Crippen molar-refractivity contribution in [1.29, 1.82) is 0 Å². The van der Waals surface area contributed by atoms with Crippen LogP contribution in [-0.4, -0.2) is 31.4 Å². The van der Waals surface area contributed by atoms with Gasteiger partial charge in [0, 0.05) is 30.0 Å². The molecule has 2 amide bonds. The van der Waals surface area contributed by atoms with Gasteiger partial charge in [-0.25, -0.2) is 0 Å². The molecule has 0 fully saturated rings. The van der Waals surface area contributed by atoms with Crippen LogP contribution < -0.4 is 15.5 Å². The van der Waals surface area contributed by atoms with E-state index in [1.54, 1.807) is 12.1 Å². The molecule has 0 aromatic heterocycles. The van der Waals surface area contributed by atoms with E-state index in [0.717, 1.165) is 24.3 Å². The number of amides is 2. The second kappa shape index (κ2) is 8.87. The standard InChI is InChI=1S/C20H25N3O2/c1-4-23(5-2)18-11-9-17(10-12-18)22-19(24)14-21-20(25)16-8-6-7-15(3)13-16/h6-13H,4-5,14H2,1-3H3,(H,21,25)(H,22,24). The monoisotopic (exact) mass is 339 g/mol. The summed E-state index contributed by atoms with van der Waals surface area (Å²) < 4.78 is 0. The Morgan fingerprint density at radius 3 is 2.28 bits per heavy atom. The third kappa shape index (κ3) is 5.35. The summed E-state index contributed by atoms with van der Waals surface area (Å²) in [5.41, 5.74) is 3.39. The normalized spacial score (nSPS) is 10.2. The van der Waals surface area contributed by atoms with Gasteiger partial charge in [-0.1, -0.05) is 17.7 Å². The Bertz CT molecular complexity index is 722. The van der Waals surface area contributed by atoms with Crippen molar-refractivity contribution >= 4 is 23.2 Å². The lowest BCUT2D eigenvalue weighted by Crippen LogP contribution is -2.32. The fourth-order valence-corrected chi connectivity index (χ4v) is 2.60. The first kappa shape index (κ1) is 18.5. The van der Waals surface area contributed by atoms with E-state index in [1.807, 2.05) is 43.3 Å². The summed E-state index contributed by atoms with van der Waals surface area (Å²) in [7, 11) is 0. The van der Waals surface area contributed by atoms with E-state index in [2.05, 4.69) is 29.4 Å². The summed E-state index contributed by atoms with van der Waals surface area (Å²) in [5.74, 6) is -0.507. The first-order valence-corrected chi connectivity index (χ1v) is 8.53. The van der Waals surface area contributed by atoms with Gasteiger partial charge in [0.25, 0.3) is 5.91 Å². The van der Waals surface area contributed by atoms with Crippen LogP contribution in [0.4, 0.5) is 11.4 Å². The lowest BCUT2D eigenvalue weighted by atomic mass is 10.1. The molecule has 2 aromatic carbocycles. The van der Waals surface area contributed by atoms with Crippen molar-refractivity contribution in [3.63, 3.8) is 0 Å². The molecule has 5 nitrogen and oxygen atoms in total. The number of aryl methyl sites for hydroxylation is 1. The molecular formula is C20H25N3O2. The summed E-state index contributed by atoms with van der Waals surface area (Å²) in [6.45, 7) is 7.95. The van der Waals surface area contributed by atoms with Crippen molar-refractivity contribution in [2.45, 2.75) is 20.8 Å². The number of nitrogens with zero attached hydrogens (tertiary/aromatic N) is 1. The van der Waals surface area contributed by atoms with Crippen molar-refractivity contribution in [1.82, 2.24) is 5.32 Å². The van der Waals surface area contributed by atoms with Gasteiger partial charge < -0.3 is 15.5 Å². The number of anilines is 2. The average molecular weight is 339 g/mol. The van der Waals surface area contributed by atoms with E-state index in [4.69, 9.17) is 0 Å². The molecule has 2 N–H and O–H groups in total. The molecule has 2 aromatic rings. The summed E-state index contributed by atoms with van der Waals surface area (Å²) in [6.07, 6.45) is 0. The van der Waals surface area contributed by atoms with Crippen molar-refractivity contribution < 1.29 is 9.59 Å². The molecule has 2 rings (SSSR count). The van der Waals surface area contributed by atoms with E-state index < -0.39 is 0 Å². The maximum absolute atomic E-state index is 12.0. The van der Waals surface area contributed by atoms with Crippen LogP contribution in [0, 0.1) is 6.92 Å². The van der Waals surface area contributed by atoms with Gasteiger partial charge in [0.05, 0.1) is 6.54 Å². The molecule has 0 saturated carbocycles. The molecule has 0 spiro atoms. The molecular weight excluding hydrogens is 314 g/mol. The second-order valence-corrected chi connectivity index (χ2v) is 5.82. The molecule has 0 bridgehead atoms. The molecule has 0 heterocycles. The van der Waals surface area contributed by atoms with E-state index in [-0.39, 0.29) is 18.4 Å². The van der Waals surface area contributed by atoms with Crippen LogP contribution >= 0.6 is 0 Å². The summed E-state index contributed by atoms with van der Waals surface area (Å²) >= 11 is 0. The minimum atomic E-state index is -0.254. The Morgan fingerprint density at radius 2 is 1.68 bits per heavy atom. The van der Waals surface area contributed by atoms with Crippen LogP contribution in [0.3, 0.4) is 0 Å². The highest BCUT2D eigenvalue weighted by Gasteiger charge is 2.09. The van der Waals surface area contributed by atoms with Crippen LogP contribution in [0.15, 0.2) is 48.5 Å². The highest BCUT2D eigenvalue weighted by atomic mass is 16.2. The first-order valence-electron chi connectivity index (χ1n) is 8.53. The zero-order valence-electron chi connectivity index (χ0n) is 15.0. The van der Waals surface area contributed by atoms with Gasteiger partial charge in [-0.05, 0) is 57.2 Å². The van der Waals surface area contributed by atoms with Gasteiger partial charge in [-0.15, -0.1) is 0 Å². The molecule has 0 atom stereocenters. The fourth-order valence-electron chi connectivity index (χ4n) is 2.60. The van der Waals surface area contributed by atoms with Crippen molar-refractivity contribution in [2.75, 3.05) is 29.9 Å². The van der Waals surface area contributed by atoms with E-state index in [9.17, 15) is 9.59 Å².